The number of ether oxygens (including phenoxy) is 1. The zero-order valence-corrected chi connectivity index (χ0v) is 22.1. The van der Waals surface area contributed by atoms with Crippen molar-refractivity contribution in [3.63, 3.8) is 0 Å². The number of sulfonamides is 2. The average Bonchev–Trinajstić information content (AvgIpc) is 3.14. The van der Waals surface area contributed by atoms with Gasteiger partial charge in [-0.1, -0.05) is 17.4 Å². The van der Waals surface area contributed by atoms with Gasteiger partial charge in [-0.3, -0.25) is 4.79 Å². The molecule has 1 saturated heterocycles. The molecule has 2 atom stereocenters. The molecule has 13 heteroatoms. The van der Waals surface area contributed by atoms with Gasteiger partial charge in [0.05, 0.1) is 32.2 Å². The number of aromatic nitrogens is 1. The second-order valence-corrected chi connectivity index (χ2v) is 13.0. The van der Waals surface area contributed by atoms with Crippen LogP contribution in [0.15, 0.2) is 69.9 Å². The van der Waals surface area contributed by atoms with E-state index in [0.717, 1.165) is 11.3 Å². The Morgan fingerprint density at radius 2 is 1.72 bits per heavy atom. The van der Waals surface area contributed by atoms with Gasteiger partial charge < -0.3 is 9.30 Å². The van der Waals surface area contributed by atoms with Gasteiger partial charge in [0.1, 0.15) is 0 Å². The fraction of sp³-hybridized carbons (Fsp3) is 0.304. The standard InChI is InChI=1S/C23H26N4O6S3/c1-4-11-27-20-10-9-19(35(24,29)30)12-21(20)34-23(27)25-22(28)17-5-7-18(8-6-17)36(31,32)26-13-15(2)33-16(3)14-26/h4-10,12,15-16H,1,11,13-14H2,2-3H3,(H2,24,29,30)/t15-,16-/m0/s1. The number of rotatable bonds is 6. The van der Waals surface area contributed by atoms with Crippen LogP contribution in [0.4, 0.5) is 0 Å². The summed E-state index contributed by atoms with van der Waals surface area (Å²) in [7, 11) is -7.62. The van der Waals surface area contributed by atoms with E-state index in [2.05, 4.69) is 11.6 Å². The van der Waals surface area contributed by atoms with Gasteiger partial charge in [-0.15, -0.1) is 6.58 Å². The van der Waals surface area contributed by atoms with Crippen LogP contribution in [-0.2, 0) is 31.3 Å². The number of hydrogen-bond donors (Lipinski definition) is 1. The first-order valence-electron chi connectivity index (χ1n) is 11.0. The first-order valence-corrected chi connectivity index (χ1v) is 14.8. The van der Waals surface area contributed by atoms with E-state index in [1.54, 1.807) is 16.7 Å². The van der Waals surface area contributed by atoms with Crippen molar-refractivity contribution in [2.75, 3.05) is 13.1 Å². The van der Waals surface area contributed by atoms with Gasteiger partial charge in [0, 0.05) is 25.2 Å². The number of carbonyl (C=O) groups excluding carboxylic acids is 1. The highest BCUT2D eigenvalue weighted by atomic mass is 32.2. The maximum absolute atomic E-state index is 13.1. The van der Waals surface area contributed by atoms with Crippen LogP contribution in [0, 0.1) is 0 Å². The lowest BCUT2D eigenvalue weighted by atomic mass is 10.2. The minimum Gasteiger partial charge on any atom is -0.373 e. The van der Waals surface area contributed by atoms with Crippen LogP contribution in [0.3, 0.4) is 0 Å². The van der Waals surface area contributed by atoms with Crippen molar-refractivity contribution in [1.29, 1.82) is 0 Å². The third kappa shape index (κ3) is 5.36. The quantitative estimate of drug-likeness (QED) is 0.466. The second kappa shape index (κ2) is 10.00. The summed E-state index contributed by atoms with van der Waals surface area (Å²) in [6, 6.07) is 10.1. The van der Waals surface area contributed by atoms with Crippen LogP contribution in [0.2, 0.25) is 0 Å². The Balaban J connectivity index is 1.67. The maximum atomic E-state index is 13.1. The molecule has 1 aromatic heterocycles. The molecule has 2 N–H and O–H groups in total. The van der Waals surface area contributed by atoms with Crippen LogP contribution >= 0.6 is 11.3 Å². The summed E-state index contributed by atoms with van der Waals surface area (Å²) in [6.45, 7) is 8.23. The largest absolute Gasteiger partial charge is 0.373 e. The smallest absolute Gasteiger partial charge is 0.279 e. The van der Waals surface area contributed by atoms with Crippen molar-refractivity contribution >= 4 is 47.5 Å². The fourth-order valence-electron chi connectivity index (χ4n) is 4.02. The van der Waals surface area contributed by atoms with Gasteiger partial charge in [0.2, 0.25) is 20.0 Å². The molecule has 1 aliphatic heterocycles. The number of thiazole rings is 1. The Morgan fingerprint density at radius 3 is 2.31 bits per heavy atom. The minimum atomic E-state index is -3.89. The van der Waals surface area contributed by atoms with E-state index in [9.17, 15) is 21.6 Å². The molecule has 10 nitrogen and oxygen atoms in total. The highest BCUT2D eigenvalue weighted by Gasteiger charge is 2.32. The van der Waals surface area contributed by atoms with Crippen LogP contribution in [-0.4, -0.2) is 56.9 Å². The van der Waals surface area contributed by atoms with Gasteiger partial charge in [-0.05, 0) is 56.3 Å². The number of fused-ring (bicyclic) bond motifs is 1. The van der Waals surface area contributed by atoms with Crippen LogP contribution in [0.1, 0.15) is 24.2 Å². The molecule has 4 rings (SSSR count). The SMILES string of the molecule is C=CCn1c(=NC(=O)c2ccc(S(=O)(=O)N3C[C@H](C)O[C@@H](C)C3)cc2)sc2cc(S(N)(=O)=O)ccc21. The Hall–Kier alpha value is -2.68. The van der Waals surface area contributed by atoms with Crippen molar-refractivity contribution in [2.45, 2.75) is 42.4 Å². The lowest BCUT2D eigenvalue weighted by Gasteiger charge is -2.34. The topological polar surface area (TPSA) is 141 Å². The summed E-state index contributed by atoms with van der Waals surface area (Å²) in [6.07, 6.45) is 1.21. The first-order chi connectivity index (χ1) is 16.9. The van der Waals surface area contributed by atoms with E-state index < -0.39 is 26.0 Å². The van der Waals surface area contributed by atoms with Gasteiger partial charge in [0.25, 0.3) is 5.91 Å². The third-order valence-corrected chi connectivity index (χ3v) is 9.41. The summed E-state index contributed by atoms with van der Waals surface area (Å²) in [4.78, 5) is 17.5. The van der Waals surface area contributed by atoms with Gasteiger partial charge in [-0.2, -0.15) is 9.30 Å². The normalized spacial score (nSPS) is 20.0. The van der Waals surface area contributed by atoms with Crippen molar-refractivity contribution in [3.8, 4) is 0 Å². The summed E-state index contributed by atoms with van der Waals surface area (Å²) < 4.78 is 58.9. The van der Waals surface area contributed by atoms with E-state index in [1.807, 2.05) is 13.8 Å². The number of amides is 1. The molecule has 1 amide bonds. The van der Waals surface area contributed by atoms with E-state index in [1.165, 1.54) is 40.7 Å². The Bertz CT molecular complexity index is 1600. The number of hydrogen-bond acceptors (Lipinski definition) is 7. The van der Waals surface area contributed by atoms with Crippen molar-refractivity contribution in [1.82, 2.24) is 8.87 Å². The fourth-order valence-corrected chi connectivity index (χ4v) is 7.30. The molecular weight excluding hydrogens is 524 g/mol. The maximum Gasteiger partial charge on any atom is 0.279 e. The molecule has 36 heavy (non-hydrogen) atoms. The zero-order chi connectivity index (χ0) is 26.3. The number of morpholine rings is 1. The highest BCUT2D eigenvalue weighted by Crippen LogP contribution is 2.23. The Morgan fingerprint density at radius 1 is 1.11 bits per heavy atom. The van der Waals surface area contributed by atoms with Crippen molar-refractivity contribution in [2.24, 2.45) is 10.1 Å². The number of allylic oxidation sites excluding steroid dienone is 1. The molecule has 3 aromatic rings. The van der Waals surface area contributed by atoms with E-state index >= 15 is 0 Å². The van der Waals surface area contributed by atoms with E-state index in [-0.39, 0.29) is 40.7 Å². The number of nitrogens with zero attached hydrogens (tertiary/aromatic N) is 3. The van der Waals surface area contributed by atoms with Crippen molar-refractivity contribution in [3.05, 3.63) is 65.5 Å². The number of nitrogens with two attached hydrogens (primary N) is 1. The molecule has 0 spiro atoms. The molecule has 1 fully saturated rings. The number of carbonyl (C=O) groups is 1. The molecule has 1 aliphatic rings. The minimum absolute atomic E-state index is 0.0410. The second-order valence-electron chi connectivity index (χ2n) is 8.48. The summed E-state index contributed by atoms with van der Waals surface area (Å²) in [5.41, 5.74) is 0.889. The van der Waals surface area contributed by atoms with Crippen molar-refractivity contribution < 1.29 is 26.4 Å². The number of primary sulfonamides is 1. The van der Waals surface area contributed by atoms with E-state index in [4.69, 9.17) is 9.88 Å². The molecule has 0 saturated carbocycles. The molecule has 2 heterocycles. The van der Waals surface area contributed by atoms with Crippen LogP contribution < -0.4 is 9.94 Å². The molecular formula is C23H26N4O6S3. The first kappa shape index (κ1) is 26.4. The van der Waals surface area contributed by atoms with Gasteiger partial charge >= 0.3 is 0 Å². The zero-order valence-electron chi connectivity index (χ0n) is 19.7. The molecule has 0 bridgehead atoms. The van der Waals surface area contributed by atoms with Gasteiger partial charge in [-0.25, -0.2) is 22.0 Å². The molecule has 0 unspecified atom stereocenters. The summed E-state index contributed by atoms with van der Waals surface area (Å²) in [5, 5.41) is 5.24. The van der Waals surface area contributed by atoms with Crippen LogP contribution in [0.5, 0.6) is 0 Å². The average molecular weight is 551 g/mol. The Kier molecular flexibility index (Phi) is 7.33. The molecule has 0 radical (unpaired) electrons. The monoisotopic (exact) mass is 550 g/mol. The van der Waals surface area contributed by atoms with E-state index in [0.29, 0.717) is 21.6 Å². The summed E-state index contributed by atoms with van der Waals surface area (Å²) in [5.74, 6) is -0.566. The Labute approximate surface area is 213 Å². The summed E-state index contributed by atoms with van der Waals surface area (Å²) >= 11 is 1.14. The predicted octanol–water partition coefficient (Wildman–Crippen LogP) is 2.08. The lowest BCUT2D eigenvalue weighted by Crippen LogP contribution is -2.48. The molecule has 192 valence electrons. The van der Waals surface area contributed by atoms with Gasteiger partial charge in [0.15, 0.2) is 4.80 Å². The number of benzene rings is 2. The molecule has 0 aliphatic carbocycles. The predicted molar refractivity (Wildman–Crippen MR) is 136 cm³/mol. The molecule has 2 aromatic carbocycles. The highest BCUT2D eigenvalue weighted by molar-refractivity contribution is 7.89. The lowest BCUT2D eigenvalue weighted by molar-refractivity contribution is -0.0440. The van der Waals surface area contributed by atoms with Crippen LogP contribution in [0.25, 0.3) is 10.2 Å². The third-order valence-electron chi connectivity index (χ3n) is 5.62.